The fourth-order valence-corrected chi connectivity index (χ4v) is 2.50. The van der Waals surface area contributed by atoms with Gasteiger partial charge < -0.3 is 10.8 Å². The summed E-state index contributed by atoms with van der Waals surface area (Å²) in [5.41, 5.74) is 8.21. The minimum Gasteiger partial charge on any atom is -0.392 e. The first kappa shape index (κ1) is 11.6. The van der Waals surface area contributed by atoms with E-state index in [-0.39, 0.29) is 12.0 Å². The fourth-order valence-electron chi connectivity index (χ4n) is 2.50. The smallest absolute Gasteiger partial charge is 0.0651 e. The van der Waals surface area contributed by atoms with Gasteiger partial charge in [-0.15, -0.1) is 0 Å². The Morgan fingerprint density at radius 3 is 2.69 bits per heavy atom. The second-order valence-corrected chi connectivity index (χ2v) is 5.12. The van der Waals surface area contributed by atoms with Crippen LogP contribution in [0.15, 0.2) is 24.3 Å². The van der Waals surface area contributed by atoms with Crippen molar-refractivity contribution in [1.82, 2.24) is 0 Å². The molecule has 0 heterocycles. The first-order valence-corrected chi connectivity index (χ1v) is 6.08. The van der Waals surface area contributed by atoms with E-state index in [1.54, 1.807) is 0 Å². The highest BCUT2D eigenvalue weighted by Gasteiger charge is 2.42. The highest BCUT2D eigenvalue weighted by molar-refractivity contribution is 5.27. The van der Waals surface area contributed by atoms with Crippen LogP contribution in [0.2, 0.25) is 0 Å². The Hall–Kier alpha value is -0.860. The van der Waals surface area contributed by atoms with Crippen LogP contribution in [-0.2, 0) is 0 Å². The summed E-state index contributed by atoms with van der Waals surface area (Å²) in [4.78, 5) is 0. The number of hydrogen-bond donors (Lipinski definition) is 2. The molecule has 1 saturated carbocycles. The summed E-state index contributed by atoms with van der Waals surface area (Å²) in [6, 6.07) is 8.31. The van der Waals surface area contributed by atoms with Gasteiger partial charge >= 0.3 is 0 Å². The van der Waals surface area contributed by atoms with Crippen LogP contribution in [0.3, 0.4) is 0 Å². The molecular weight excluding hydrogens is 198 g/mol. The number of aliphatic hydroxyl groups is 1. The average Bonchev–Trinajstić information content (AvgIpc) is 2.96. The first-order valence-electron chi connectivity index (χ1n) is 6.08. The molecule has 1 aromatic carbocycles. The maximum atomic E-state index is 10.3. The molecule has 2 heteroatoms. The predicted molar refractivity (Wildman–Crippen MR) is 66.3 cm³/mol. The van der Waals surface area contributed by atoms with Crippen molar-refractivity contribution in [3.05, 3.63) is 35.4 Å². The largest absolute Gasteiger partial charge is 0.392 e. The first-order chi connectivity index (χ1) is 7.63. The molecule has 0 amide bonds. The minimum atomic E-state index is -0.276. The molecule has 16 heavy (non-hydrogen) atoms. The molecule has 0 bridgehead atoms. The van der Waals surface area contributed by atoms with E-state index in [4.69, 9.17) is 5.73 Å². The monoisotopic (exact) mass is 219 g/mol. The van der Waals surface area contributed by atoms with E-state index < -0.39 is 0 Å². The summed E-state index contributed by atoms with van der Waals surface area (Å²) in [6.45, 7) is 4.79. The lowest BCUT2D eigenvalue weighted by Crippen LogP contribution is -2.28. The molecule has 3 N–H and O–H groups in total. The molecule has 4 unspecified atom stereocenters. The Morgan fingerprint density at radius 2 is 2.19 bits per heavy atom. The van der Waals surface area contributed by atoms with E-state index >= 15 is 0 Å². The summed E-state index contributed by atoms with van der Waals surface area (Å²) < 4.78 is 0. The molecular formula is C14H21NO. The van der Waals surface area contributed by atoms with Crippen LogP contribution in [-0.4, -0.2) is 17.8 Å². The van der Waals surface area contributed by atoms with Gasteiger partial charge in [0.1, 0.15) is 0 Å². The third-order valence-electron chi connectivity index (χ3n) is 3.75. The molecule has 0 spiro atoms. The zero-order valence-corrected chi connectivity index (χ0v) is 10.1. The van der Waals surface area contributed by atoms with E-state index in [0.717, 1.165) is 6.42 Å². The topological polar surface area (TPSA) is 46.2 Å². The molecule has 1 aliphatic carbocycles. The minimum absolute atomic E-state index is 0.0925. The summed E-state index contributed by atoms with van der Waals surface area (Å²) >= 11 is 0. The van der Waals surface area contributed by atoms with Gasteiger partial charge in [-0.1, -0.05) is 36.8 Å². The van der Waals surface area contributed by atoms with Gasteiger partial charge in [-0.05, 0) is 30.7 Å². The third-order valence-corrected chi connectivity index (χ3v) is 3.75. The number of benzene rings is 1. The lowest BCUT2D eigenvalue weighted by Gasteiger charge is -2.22. The standard InChI is InChI=1S/C14H21NO/c1-9-4-3-5-11(6-9)13(8-15)14(16)12-7-10(12)2/h3-6,10,12-14,16H,7-8,15H2,1-2H3. The highest BCUT2D eigenvalue weighted by Crippen LogP contribution is 2.44. The quantitative estimate of drug-likeness (QED) is 0.814. The third kappa shape index (κ3) is 2.28. The van der Waals surface area contributed by atoms with Gasteiger partial charge in [0, 0.05) is 12.5 Å². The van der Waals surface area contributed by atoms with E-state index in [9.17, 15) is 5.11 Å². The van der Waals surface area contributed by atoms with Crippen molar-refractivity contribution < 1.29 is 5.11 Å². The average molecular weight is 219 g/mol. The van der Waals surface area contributed by atoms with E-state index in [1.807, 2.05) is 6.07 Å². The second kappa shape index (κ2) is 4.56. The molecule has 1 aliphatic rings. The van der Waals surface area contributed by atoms with Gasteiger partial charge in [-0.3, -0.25) is 0 Å². The van der Waals surface area contributed by atoms with Gasteiger partial charge in [0.15, 0.2) is 0 Å². The molecule has 2 rings (SSSR count). The molecule has 0 saturated heterocycles. The van der Waals surface area contributed by atoms with Crippen molar-refractivity contribution in [3.63, 3.8) is 0 Å². The van der Waals surface area contributed by atoms with Crippen molar-refractivity contribution in [1.29, 1.82) is 0 Å². The molecule has 0 radical (unpaired) electrons. The zero-order valence-electron chi connectivity index (χ0n) is 10.1. The van der Waals surface area contributed by atoms with Crippen LogP contribution < -0.4 is 5.73 Å². The van der Waals surface area contributed by atoms with Crippen molar-refractivity contribution >= 4 is 0 Å². The summed E-state index contributed by atoms with van der Waals surface area (Å²) in [5.74, 6) is 1.21. The van der Waals surface area contributed by atoms with Crippen LogP contribution in [0.4, 0.5) is 0 Å². The number of aryl methyl sites for hydroxylation is 1. The Balaban J connectivity index is 2.15. The highest BCUT2D eigenvalue weighted by atomic mass is 16.3. The van der Waals surface area contributed by atoms with Crippen LogP contribution in [0.25, 0.3) is 0 Å². The maximum Gasteiger partial charge on any atom is 0.0651 e. The Kier molecular flexibility index (Phi) is 3.31. The van der Waals surface area contributed by atoms with Crippen LogP contribution >= 0.6 is 0 Å². The van der Waals surface area contributed by atoms with Gasteiger partial charge in [0.05, 0.1) is 6.10 Å². The van der Waals surface area contributed by atoms with Gasteiger partial charge in [0.25, 0.3) is 0 Å². The van der Waals surface area contributed by atoms with Crippen LogP contribution in [0, 0.1) is 18.8 Å². The molecule has 0 aliphatic heterocycles. The Labute approximate surface area is 97.5 Å². The number of rotatable bonds is 4. The van der Waals surface area contributed by atoms with Gasteiger partial charge in [0.2, 0.25) is 0 Å². The van der Waals surface area contributed by atoms with Crippen LogP contribution in [0.5, 0.6) is 0 Å². The van der Waals surface area contributed by atoms with E-state index in [2.05, 4.69) is 32.0 Å². The predicted octanol–water partition coefficient (Wildman–Crippen LogP) is 2.05. The fraction of sp³-hybridized carbons (Fsp3) is 0.571. The zero-order chi connectivity index (χ0) is 11.7. The van der Waals surface area contributed by atoms with Crippen molar-refractivity contribution in [2.24, 2.45) is 17.6 Å². The second-order valence-electron chi connectivity index (χ2n) is 5.12. The van der Waals surface area contributed by atoms with Crippen molar-refractivity contribution in [3.8, 4) is 0 Å². The summed E-state index contributed by atoms with van der Waals surface area (Å²) in [7, 11) is 0. The van der Waals surface area contributed by atoms with E-state index in [1.165, 1.54) is 11.1 Å². The number of hydrogen-bond acceptors (Lipinski definition) is 2. The molecule has 2 nitrogen and oxygen atoms in total. The Bertz CT molecular complexity index is 364. The molecule has 1 fully saturated rings. The summed E-state index contributed by atoms with van der Waals surface area (Å²) in [5, 5.41) is 10.3. The molecule has 1 aromatic rings. The number of nitrogens with two attached hydrogens (primary N) is 1. The molecule has 4 atom stereocenters. The molecule has 0 aromatic heterocycles. The normalized spacial score (nSPS) is 27.5. The van der Waals surface area contributed by atoms with Gasteiger partial charge in [-0.25, -0.2) is 0 Å². The van der Waals surface area contributed by atoms with Gasteiger partial charge in [-0.2, -0.15) is 0 Å². The maximum absolute atomic E-state index is 10.3. The SMILES string of the molecule is Cc1cccc(C(CN)C(O)C2CC2C)c1. The lowest BCUT2D eigenvalue weighted by molar-refractivity contribution is 0.118. The Morgan fingerprint density at radius 1 is 1.50 bits per heavy atom. The lowest BCUT2D eigenvalue weighted by atomic mass is 9.89. The number of aliphatic hydroxyl groups excluding tert-OH is 1. The van der Waals surface area contributed by atoms with Crippen molar-refractivity contribution in [2.75, 3.05) is 6.54 Å². The molecule has 88 valence electrons. The van der Waals surface area contributed by atoms with Crippen molar-refractivity contribution in [2.45, 2.75) is 32.3 Å². The van der Waals surface area contributed by atoms with Crippen LogP contribution in [0.1, 0.15) is 30.4 Å². The summed E-state index contributed by atoms with van der Waals surface area (Å²) in [6.07, 6.45) is 0.866. The van der Waals surface area contributed by atoms with E-state index in [0.29, 0.717) is 18.4 Å².